The Morgan fingerprint density at radius 2 is 1.90 bits per heavy atom. The topological polar surface area (TPSA) is 29.1 Å². The first-order valence-electron chi connectivity index (χ1n) is 6.32. The van der Waals surface area contributed by atoms with E-state index in [1.54, 1.807) is 19.1 Å². The fourth-order valence-electron chi connectivity index (χ4n) is 1.88. The molecule has 1 atom stereocenters. The van der Waals surface area contributed by atoms with Gasteiger partial charge in [0.2, 0.25) is 0 Å². The van der Waals surface area contributed by atoms with Gasteiger partial charge in [-0.3, -0.25) is 4.79 Å². The van der Waals surface area contributed by atoms with Gasteiger partial charge in [0.05, 0.1) is 10.9 Å². The van der Waals surface area contributed by atoms with Gasteiger partial charge in [-0.15, -0.1) is 11.6 Å². The van der Waals surface area contributed by atoms with Gasteiger partial charge in [0.1, 0.15) is 5.82 Å². The maximum Gasteiger partial charge on any atom is 0.254 e. The number of hydrogen-bond donors (Lipinski definition) is 1. The van der Waals surface area contributed by atoms with E-state index in [0.29, 0.717) is 5.56 Å². The molecule has 0 aromatic heterocycles. The lowest BCUT2D eigenvalue weighted by molar-refractivity contribution is 0.0949. The number of alkyl halides is 1. The lowest BCUT2D eigenvalue weighted by atomic mass is 10.1. The predicted molar refractivity (Wildman–Crippen MR) is 78.5 cm³/mol. The van der Waals surface area contributed by atoms with E-state index in [-0.39, 0.29) is 17.5 Å². The van der Waals surface area contributed by atoms with Crippen LogP contribution < -0.4 is 5.32 Å². The lowest BCUT2D eigenvalue weighted by Gasteiger charge is -2.12. The lowest BCUT2D eigenvalue weighted by Crippen LogP contribution is -2.27. The average molecular weight is 292 g/mol. The zero-order valence-corrected chi connectivity index (χ0v) is 11.8. The average Bonchev–Trinajstić information content (AvgIpc) is 2.48. The Balaban J connectivity index is 2.01. The minimum atomic E-state index is -0.490. The quantitative estimate of drug-likeness (QED) is 0.852. The molecule has 0 fully saturated rings. The molecule has 0 saturated carbocycles. The molecule has 1 N–H and O–H groups in total. The molecule has 0 aliphatic carbocycles. The van der Waals surface area contributed by atoms with Gasteiger partial charge in [-0.05, 0) is 24.1 Å². The van der Waals surface area contributed by atoms with Gasteiger partial charge in [0, 0.05) is 6.54 Å². The van der Waals surface area contributed by atoms with Crippen LogP contribution in [0, 0.1) is 12.7 Å². The third kappa shape index (κ3) is 3.36. The number of amides is 1. The number of carbonyl (C=O) groups is 1. The number of nitrogens with one attached hydrogen (secondary N) is 1. The maximum absolute atomic E-state index is 13.8. The minimum Gasteiger partial charge on any atom is -0.350 e. The number of hydrogen-bond acceptors (Lipinski definition) is 1. The van der Waals surface area contributed by atoms with Crippen LogP contribution in [0.15, 0.2) is 48.5 Å². The van der Waals surface area contributed by atoms with Crippen molar-refractivity contribution in [1.29, 1.82) is 0 Å². The van der Waals surface area contributed by atoms with Crippen molar-refractivity contribution in [3.63, 3.8) is 0 Å². The Kier molecular flexibility index (Phi) is 4.74. The molecule has 0 saturated heterocycles. The van der Waals surface area contributed by atoms with E-state index in [0.717, 1.165) is 5.56 Å². The first-order valence-corrected chi connectivity index (χ1v) is 6.75. The van der Waals surface area contributed by atoms with E-state index in [2.05, 4.69) is 5.32 Å². The highest BCUT2D eigenvalue weighted by molar-refractivity contribution is 6.21. The summed E-state index contributed by atoms with van der Waals surface area (Å²) in [7, 11) is 0. The third-order valence-electron chi connectivity index (χ3n) is 3.04. The van der Waals surface area contributed by atoms with Gasteiger partial charge in [0.15, 0.2) is 0 Å². The molecule has 0 aliphatic rings. The molecule has 0 heterocycles. The monoisotopic (exact) mass is 291 g/mol. The van der Waals surface area contributed by atoms with Gasteiger partial charge >= 0.3 is 0 Å². The molecule has 2 aromatic carbocycles. The zero-order valence-electron chi connectivity index (χ0n) is 11.1. The molecule has 0 bridgehead atoms. The molecule has 4 heteroatoms. The maximum atomic E-state index is 13.8. The van der Waals surface area contributed by atoms with Gasteiger partial charge in [-0.2, -0.15) is 0 Å². The third-order valence-corrected chi connectivity index (χ3v) is 3.45. The van der Waals surface area contributed by atoms with Crippen molar-refractivity contribution < 1.29 is 9.18 Å². The van der Waals surface area contributed by atoms with Gasteiger partial charge < -0.3 is 5.32 Å². The van der Waals surface area contributed by atoms with Crippen LogP contribution in [0.5, 0.6) is 0 Å². The summed E-state index contributed by atoms with van der Waals surface area (Å²) in [5, 5.41) is 2.31. The molecule has 2 nitrogen and oxygen atoms in total. The van der Waals surface area contributed by atoms with Gasteiger partial charge in [-0.25, -0.2) is 4.39 Å². The van der Waals surface area contributed by atoms with Crippen LogP contribution in [0.2, 0.25) is 0 Å². The van der Waals surface area contributed by atoms with E-state index >= 15 is 0 Å². The summed E-state index contributed by atoms with van der Waals surface area (Å²) in [5.41, 5.74) is 1.41. The van der Waals surface area contributed by atoms with E-state index in [1.165, 1.54) is 6.07 Å². The first-order chi connectivity index (χ1) is 9.59. The van der Waals surface area contributed by atoms with Gasteiger partial charge in [0.25, 0.3) is 5.91 Å². The molecular weight excluding hydrogens is 277 g/mol. The van der Waals surface area contributed by atoms with Crippen molar-refractivity contribution in [1.82, 2.24) is 5.32 Å². The standard InChI is InChI=1S/C16H15ClFNO/c1-11-6-5-9-13(15(11)18)16(20)19-10-14(17)12-7-3-2-4-8-12/h2-9,14H,10H2,1H3,(H,19,20). The van der Waals surface area contributed by atoms with Crippen LogP contribution in [-0.4, -0.2) is 12.5 Å². The van der Waals surface area contributed by atoms with E-state index in [4.69, 9.17) is 11.6 Å². The fourth-order valence-corrected chi connectivity index (χ4v) is 2.10. The molecule has 0 radical (unpaired) electrons. The molecule has 20 heavy (non-hydrogen) atoms. The van der Waals surface area contributed by atoms with Crippen LogP contribution in [0.25, 0.3) is 0 Å². The SMILES string of the molecule is Cc1cccc(C(=O)NCC(Cl)c2ccccc2)c1F. The summed E-state index contributed by atoms with van der Waals surface area (Å²) >= 11 is 6.20. The normalized spacial score (nSPS) is 11.9. The number of carbonyl (C=O) groups excluding carboxylic acids is 1. The fraction of sp³-hybridized carbons (Fsp3) is 0.188. The summed E-state index contributed by atoms with van der Waals surface area (Å²) in [6.07, 6.45) is 0. The Labute approximate surface area is 122 Å². The number of halogens is 2. The summed E-state index contributed by atoms with van der Waals surface area (Å²) in [5.74, 6) is -0.941. The zero-order chi connectivity index (χ0) is 14.5. The minimum absolute atomic E-state index is 0.0435. The number of rotatable bonds is 4. The molecule has 1 amide bonds. The molecule has 2 rings (SSSR count). The second-order valence-electron chi connectivity index (χ2n) is 4.52. The van der Waals surface area contributed by atoms with Crippen molar-refractivity contribution in [3.05, 3.63) is 71.0 Å². The van der Waals surface area contributed by atoms with Crippen molar-refractivity contribution in [3.8, 4) is 0 Å². The Morgan fingerprint density at radius 3 is 2.60 bits per heavy atom. The smallest absolute Gasteiger partial charge is 0.254 e. The second kappa shape index (κ2) is 6.53. The van der Waals surface area contributed by atoms with Crippen LogP contribution in [0.3, 0.4) is 0 Å². The van der Waals surface area contributed by atoms with Crippen molar-refractivity contribution in [2.75, 3.05) is 6.54 Å². The highest BCUT2D eigenvalue weighted by Gasteiger charge is 2.15. The number of benzene rings is 2. The van der Waals surface area contributed by atoms with E-state index < -0.39 is 11.7 Å². The van der Waals surface area contributed by atoms with Crippen molar-refractivity contribution >= 4 is 17.5 Å². The number of aryl methyl sites for hydroxylation is 1. The second-order valence-corrected chi connectivity index (χ2v) is 5.05. The van der Waals surface area contributed by atoms with Crippen LogP contribution in [0.4, 0.5) is 4.39 Å². The molecule has 2 aromatic rings. The van der Waals surface area contributed by atoms with Gasteiger partial charge in [-0.1, -0.05) is 42.5 Å². The molecular formula is C16H15ClFNO. The molecule has 104 valence electrons. The van der Waals surface area contributed by atoms with Crippen LogP contribution in [-0.2, 0) is 0 Å². The molecule has 1 unspecified atom stereocenters. The van der Waals surface area contributed by atoms with E-state index in [1.807, 2.05) is 30.3 Å². The van der Waals surface area contributed by atoms with Crippen molar-refractivity contribution in [2.24, 2.45) is 0 Å². The first kappa shape index (κ1) is 14.5. The van der Waals surface area contributed by atoms with Crippen molar-refractivity contribution in [2.45, 2.75) is 12.3 Å². The Morgan fingerprint density at radius 1 is 1.20 bits per heavy atom. The summed E-state index contributed by atoms with van der Waals surface area (Å²) in [6, 6.07) is 14.2. The summed E-state index contributed by atoms with van der Waals surface area (Å²) in [4.78, 5) is 11.9. The Hall–Kier alpha value is -1.87. The largest absolute Gasteiger partial charge is 0.350 e. The van der Waals surface area contributed by atoms with Crippen LogP contribution in [0.1, 0.15) is 26.9 Å². The Bertz CT molecular complexity index is 601. The van der Waals surface area contributed by atoms with E-state index in [9.17, 15) is 9.18 Å². The molecule has 0 spiro atoms. The highest BCUT2D eigenvalue weighted by atomic mass is 35.5. The predicted octanol–water partition coefficient (Wildman–Crippen LogP) is 3.84. The highest BCUT2D eigenvalue weighted by Crippen LogP contribution is 2.19. The molecule has 0 aliphatic heterocycles. The summed E-state index contributed by atoms with van der Waals surface area (Å²) < 4.78 is 13.8. The van der Waals surface area contributed by atoms with Crippen LogP contribution >= 0.6 is 11.6 Å². The summed E-state index contributed by atoms with van der Waals surface area (Å²) in [6.45, 7) is 1.87.